The summed E-state index contributed by atoms with van der Waals surface area (Å²) in [6, 6.07) is -1.95. The third-order valence-electron chi connectivity index (χ3n) is 4.01. The average molecular weight is 320 g/mol. The molecule has 2 rings (SSSR count). The number of sulfonamides is 1. The van der Waals surface area contributed by atoms with Crippen molar-refractivity contribution in [3.8, 4) is 0 Å². The van der Waals surface area contributed by atoms with Crippen LogP contribution in [0.1, 0.15) is 25.7 Å². The van der Waals surface area contributed by atoms with Gasteiger partial charge >= 0.3 is 5.97 Å². The van der Waals surface area contributed by atoms with E-state index >= 15 is 0 Å². The predicted octanol–water partition coefficient (Wildman–Crippen LogP) is -1.15. The van der Waals surface area contributed by atoms with Crippen LogP contribution in [0.4, 0.5) is 0 Å². The van der Waals surface area contributed by atoms with Crippen molar-refractivity contribution in [2.24, 2.45) is 0 Å². The molecule has 3 atom stereocenters. The van der Waals surface area contributed by atoms with Crippen LogP contribution in [0.15, 0.2) is 0 Å². The summed E-state index contributed by atoms with van der Waals surface area (Å²) < 4.78 is 24.7. The molecule has 2 saturated heterocycles. The largest absolute Gasteiger partial charge is 0.480 e. The van der Waals surface area contributed by atoms with E-state index in [-0.39, 0.29) is 19.5 Å². The van der Waals surface area contributed by atoms with Gasteiger partial charge in [0.05, 0.1) is 12.4 Å². The fraction of sp³-hybridized carbons (Fsp3) is 0.833. The Morgan fingerprint density at radius 2 is 1.86 bits per heavy atom. The van der Waals surface area contributed by atoms with Gasteiger partial charge in [-0.1, -0.05) is 6.42 Å². The number of hydrogen-bond acceptors (Lipinski definition) is 5. The van der Waals surface area contributed by atoms with Gasteiger partial charge in [-0.3, -0.25) is 4.79 Å². The van der Waals surface area contributed by atoms with Crippen molar-refractivity contribution in [1.82, 2.24) is 9.21 Å². The van der Waals surface area contributed by atoms with E-state index in [4.69, 9.17) is 5.11 Å². The van der Waals surface area contributed by atoms with Crippen molar-refractivity contribution in [1.29, 1.82) is 0 Å². The number of piperidine rings is 1. The molecule has 0 radical (unpaired) electrons. The maximum atomic E-state index is 12.6. The van der Waals surface area contributed by atoms with Crippen molar-refractivity contribution in [3.63, 3.8) is 0 Å². The van der Waals surface area contributed by atoms with Crippen LogP contribution < -0.4 is 0 Å². The molecule has 1 amide bonds. The molecule has 0 aliphatic carbocycles. The van der Waals surface area contributed by atoms with Crippen LogP contribution in [-0.4, -0.2) is 77.2 Å². The van der Waals surface area contributed by atoms with Gasteiger partial charge in [0.2, 0.25) is 15.9 Å². The fourth-order valence-electron chi connectivity index (χ4n) is 3.03. The zero-order chi connectivity index (χ0) is 15.8. The lowest BCUT2D eigenvalue weighted by Crippen LogP contribution is -2.54. The summed E-state index contributed by atoms with van der Waals surface area (Å²) in [5.74, 6) is -1.70. The van der Waals surface area contributed by atoms with Crippen LogP contribution in [0.2, 0.25) is 0 Å². The Morgan fingerprint density at radius 1 is 1.19 bits per heavy atom. The van der Waals surface area contributed by atoms with Gasteiger partial charge in [-0.25, -0.2) is 13.2 Å². The van der Waals surface area contributed by atoms with E-state index in [0.717, 1.165) is 21.9 Å². The summed E-state index contributed by atoms with van der Waals surface area (Å²) >= 11 is 0. The number of carbonyl (C=O) groups is 2. The highest BCUT2D eigenvalue weighted by molar-refractivity contribution is 7.88. The molecule has 120 valence electrons. The van der Waals surface area contributed by atoms with E-state index in [9.17, 15) is 23.1 Å². The molecule has 9 heteroatoms. The third-order valence-corrected chi connectivity index (χ3v) is 5.30. The van der Waals surface area contributed by atoms with Crippen LogP contribution in [0.5, 0.6) is 0 Å². The van der Waals surface area contributed by atoms with E-state index in [1.807, 2.05) is 0 Å². The van der Waals surface area contributed by atoms with Crippen LogP contribution >= 0.6 is 0 Å². The van der Waals surface area contributed by atoms with Gasteiger partial charge < -0.3 is 15.1 Å². The number of aliphatic hydroxyl groups excluding tert-OH is 1. The molecule has 2 unspecified atom stereocenters. The molecular formula is C12H20N2O6S. The number of rotatable bonds is 3. The second-order valence-corrected chi connectivity index (χ2v) is 7.55. The maximum absolute atomic E-state index is 12.6. The molecular weight excluding hydrogens is 300 g/mol. The number of β-amino-alcohol motifs (C(OH)–C–C–N with tert-alkyl or cyclic N) is 1. The second-order valence-electron chi connectivity index (χ2n) is 5.62. The maximum Gasteiger partial charge on any atom is 0.326 e. The highest BCUT2D eigenvalue weighted by atomic mass is 32.2. The first-order valence-corrected chi connectivity index (χ1v) is 8.75. The minimum Gasteiger partial charge on any atom is -0.480 e. The van der Waals surface area contributed by atoms with Crippen molar-refractivity contribution in [2.45, 2.75) is 43.9 Å². The van der Waals surface area contributed by atoms with Gasteiger partial charge in [0.15, 0.2) is 0 Å². The van der Waals surface area contributed by atoms with Crippen molar-refractivity contribution in [2.75, 3.05) is 19.3 Å². The molecule has 8 nitrogen and oxygen atoms in total. The standard InChI is InChI=1S/C12H20N2O6S/c1-21(19,20)14-5-3-2-4-9(14)11(16)13-7-8(15)6-10(13)12(17)18/h8-10,15H,2-7H2,1H3,(H,17,18)/t8?,9?,10-/m0/s1. The highest BCUT2D eigenvalue weighted by Crippen LogP contribution is 2.26. The van der Waals surface area contributed by atoms with E-state index < -0.39 is 40.1 Å². The van der Waals surface area contributed by atoms with Crippen LogP contribution in [0.25, 0.3) is 0 Å². The molecule has 2 aliphatic heterocycles. The predicted molar refractivity (Wildman–Crippen MR) is 72.9 cm³/mol. The number of aliphatic hydroxyl groups is 1. The molecule has 2 heterocycles. The Labute approximate surface area is 123 Å². The van der Waals surface area contributed by atoms with Gasteiger partial charge in [-0.15, -0.1) is 0 Å². The molecule has 21 heavy (non-hydrogen) atoms. The summed E-state index contributed by atoms with van der Waals surface area (Å²) in [4.78, 5) is 24.8. The lowest BCUT2D eigenvalue weighted by atomic mass is 10.0. The van der Waals surface area contributed by atoms with E-state index in [2.05, 4.69) is 0 Å². The number of carboxylic acid groups (broad SMARTS) is 1. The number of hydrogen-bond donors (Lipinski definition) is 2. The minimum atomic E-state index is -3.52. The van der Waals surface area contributed by atoms with E-state index in [0.29, 0.717) is 12.8 Å². The summed E-state index contributed by atoms with van der Waals surface area (Å²) in [6.07, 6.45) is 1.92. The van der Waals surface area contributed by atoms with Gasteiger partial charge in [0.1, 0.15) is 12.1 Å². The lowest BCUT2D eigenvalue weighted by molar-refractivity contribution is -0.150. The third kappa shape index (κ3) is 3.35. The molecule has 0 aromatic rings. The smallest absolute Gasteiger partial charge is 0.326 e. The Bertz CT molecular complexity index is 534. The number of carbonyl (C=O) groups excluding carboxylic acids is 1. The highest BCUT2D eigenvalue weighted by Gasteiger charge is 2.44. The molecule has 0 bridgehead atoms. The number of carboxylic acids is 1. The number of amides is 1. The summed E-state index contributed by atoms with van der Waals surface area (Å²) in [7, 11) is -3.52. The van der Waals surface area contributed by atoms with Gasteiger partial charge in [0, 0.05) is 19.5 Å². The van der Waals surface area contributed by atoms with Crippen LogP contribution in [0, 0.1) is 0 Å². The first-order valence-electron chi connectivity index (χ1n) is 6.90. The zero-order valence-corrected chi connectivity index (χ0v) is 12.6. The Kier molecular flexibility index (Phi) is 4.54. The molecule has 2 fully saturated rings. The number of aliphatic carboxylic acids is 1. The van der Waals surface area contributed by atoms with Crippen molar-refractivity contribution in [3.05, 3.63) is 0 Å². The number of likely N-dealkylation sites (tertiary alicyclic amines) is 1. The molecule has 0 saturated carbocycles. The monoisotopic (exact) mass is 320 g/mol. The van der Waals surface area contributed by atoms with Crippen LogP contribution in [-0.2, 0) is 19.6 Å². The summed E-state index contributed by atoms with van der Waals surface area (Å²) in [6.45, 7) is 0.202. The molecule has 2 N–H and O–H groups in total. The quantitative estimate of drug-likeness (QED) is 0.678. The summed E-state index contributed by atoms with van der Waals surface area (Å²) in [5, 5.41) is 18.7. The Hall–Kier alpha value is -1.19. The normalized spacial score (nSPS) is 31.3. The van der Waals surface area contributed by atoms with Gasteiger partial charge in [0.25, 0.3) is 0 Å². The first kappa shape index (κ1) is 16.2. The van der Waals surface area contributed by atoms with Gasteiger partial charge in [-0.2, -0.15) is 4.31 Å². The average Bonchev–Trinajstić information content (AvgIpc) is 2.79. The number of nitrogens with zero attached hydrogens (tertiary/aromatic N) is 2. The molecule has 2 aliphatic rings. The SMILES string of the molecule is CS(=O)(=O)N1CCCCC1C(=O)N1CC(O)C[C@H]1C(=O)O. The second kappa shape index (κ2) is 5.90. The van der Waals surface area contributed by atoms with E-state index in [1.54, 1.807) is 0 Å². The van der Waals surface area contributed by atoms with Crippen molar-refractivity contribution >= 4 is 21.9 Å². The first-order chi connectivity index (χ1) is 9.71. The van der Waals surface area contributed by atoms with Crippen molar-refractivity contribution < 1.29 is 28.2 Å². The topological polar surface area (TPSA) is 115 Å². The zero-order valence-electron chi connectivity index (χ0n) is 11.8. The Morgan fingerprint density at radius 3 is 2.43 bits per heavy atom. The minimum absolute atomic E-state index is 0.0212. The van der Waals surface area contributed by atoms with Gasteiger partial charge in [-0.05, 0) is 12.8 Å². The molecule has 0 spiro atoms. The van der Waals surface area contributed by atoms with E-state index in [1.165, 1.54) is 0 Å². The summed E-state index contributed by atoms with van der Waals surface area (Å²) in [5.41, 5.74) is 0. The molecule has 0 aromatic carbocycles. The lowest BCUT2D eigenvalue weighted by Gasteiger charge is -2.35. The van der Waals surface area contributed by atoms with Crippen LogP contribution in [0.3, 0.4) is 0 Å². The Balaban J connectivity index is 2.22. The molecule has 0 aromatic heterocycles. The fourth-order valence-corrected chi connectivity index (χ4v) is 4.15.